The second kappa shape index (κ2) is 7.17. The predicted molar refractivity (Wildman–Crippen MR) is 93.8 cm³/mol. The first-order chi connectivity index (χ1) is 10.7. The molecule has 0 aliphatic carbocycles. The molecule has 22 heavy (non-hydrogen) atoms. The Bertz CT molecular complexity index is 605. The molecular weight excluding hydrogens is 317 g/mol. The SMILES string of the molecule is Fc1ccc(NC(=S)N2CCN(Cc3ccsc3)CC2)cc1. The monoisotopic (exact) mass is 335 g/mol. The van der Waals surface area contributed by atoms with E-state index < -0.39 is 0 Å². The minimum atomic E-state index is -0.237. The van der Waals surface area contributed by atoms with E-state index in [1.165, 1.54) is 17.7 Å². The molecule has 1 aliphatic rings. The Kier molecular flexibility index (Phi) is 5.02. The Balaban J connectivity index is 1.48. The summed E-state index contributed by atoms with van der Waals surface area (Å²) in [6.45, 7) is 4.84. The van der Waals surface area contributed by atoms with Crippen molar-refractivity contribution in [3.05, 3.63) is 52.5 Å². The zero-order valence-electron chi connectivity index (χ0n) is 12.2. The van der Waals surface area contributed by atoms with Crippen LogP contribution in [0.25, 0.3) is 0 Å². The van der Waals surface area contributed by atoms with Crippen LogP contribution in [0.1, 0.15) is 5.56 Å². The second-order valence-corrected chi connectivity index (χ2v) is 6.50. The average Bonchev–Trinajstić information content (AvgIpc) is 3.03. The van der Waals surface area contributed by atoms with Crippen molar-refractivity contribution >= 4 is 34.4 Å². The number of anilines is 1. The molecule has 0 bridgehead atoms. The van der Waals surface area contributed by atoms with Crippen molar-refractivity contribution in [2.45, 2.75) is 6.54 Å². The summed E-state index contributed by atoms with van der Waals surface area (Å²) in [6.07, 6.45) is 0. The molecule has 3 rings (SSSR count). The molecule has 0 unspecified atom stereocenters. The Morgan fingerprint density at radius 3 is 2.50 bits per heavy atom. The van der Waals surface area contributed by atoms with Crippen molar-refractivity contribution in [3.63, 3.8) is 0 Å². The number of thiophene rings is 1. The van der Waals surface area contributed by atoms with Crippen LogP contribution in [0.15, 0.2) is 41.1 Å². The van der Waals surface area contributed by atoms with Gasteiger partial charge in [-0.25, -0.2) is 4.39 Å². The molecule has 0 saturated carbocycles. The van der Waals surface area contributed by atoms with E-state index in [9.17, 15) is 4.39 Å². The summed E-state index contributed by atoms with van der Waals surface area (Å²) in [4.78, 5) is 4.61. The highest BCUT2D eigenvalue weighted by Gasteiger charge is 2.19. The van der Waals surface area contributed by atoms with Gasteiger partial charge in [-0.3, -0.25) is 4.90 Å². The molecule has 0 spiro atoms. The maximum Gasteiger partial charge on any atom is 0.173 e. The van der Waals surface area contributed by atoms with Crippen molar-refractivity contribution in [1.29, 1.82) is 0 Å². The quantitative estimate of drug-likeness (QED) is 0.866. The zero-order valence-corrected chi connectivity index (χ0v) is 13.8. The predicted octanol–water partition coefficient (Wildman–Crippen LogP) is 3.40. The van der Waals surface area contributed by atoms with E-state index in [0.717, 1.165) is 38.4 Å². The number of piperazine rings is 1. The normalized spacial score (nSPS) is 15.8. The highest BCUT2D eigenvalue weighted by molar-refractivity contribution is 7.80. The Hall–Kier alpha value is -1.50. The molecule has 1 N–H and O–H groups in total. The van der Waals surface area contributed by atoms with Crippen LogP contribution in [0.5, 0.6) is 0 Å². The lowest BCUT2D eigenvalue weighted by atomic mass is 10.2. The number of nitrogens with zero attached hydrogens (tertiary/aromatic N) is 2. The first-order valence-electron chi connectivity index (χ1n) is 7.25. The van der Waals surface area contributed by atoms with Crippen LogP contribution < -0.4 is 5.32 Å². The number of halogens is 1. The lowest BCUT2D eigenvalue weighted by Crippen LogP contribution is -2.49. The van der Waals surface area contributed by atoms with E-state index in [4.69, 9.17) is 12.2 Å². The number of thiocarbonyl (C=S) groups is 1. The van der Waals surface area contributed by atoms with Gasteiger partial charge in [0.2, 0.25) is 0 Å². The minimum Gasteiger partial charge on any atom is -0.346 e. The number of rotatable bonds is 3. The smallest absolute Gasteiger partial charge is 0.173 e. The molecule has 0 atom stereocenters. The third-order valence-electron chi connectivity index (χ3n) is 3.74. The highest BCUT2D eigenvalue weighted by Crippen LogP contribution is 2.13. The Morgan fingerprint density at radius 2 is 1.86 bits per heavy atom. The fourth-order valence-electron chi connectivity index (χ4n) is 2.49. The summed E-state index contributed by atoms with van der Waals surface area (Å²) in [5.41, 5.74) is 2.21. The number of nitrogens with one attached hydrogen (secondary N) is 1. The average molecular weight is 335 g/mol. The summed E-state index contributed by atoms with van der Waals surface area (Å²) in [6, 6.07) is 8.45. The molecular formula is C16H18FN3S2. The van der Waals surface area contributed by atoms with E-state index >= 15 is 0 Å². The summed E-state index contributed by atoms with van der Waals surface area (Å²) in [5.74, 6) is -0.237. The van der Waals surface area contributed by atoms with Gasteiger partial charge in [-0.15, -0.1) is 0 Å². The standard InChI is InChI=1S/C16H18FN3S2/c17-14-1-3-15(4-2-14)18-16(21)20-8-6-19(7-9-20)11-13-5-10-22-12-13/h1-5,10,12H,6-9,11H2,(H,18,21). The molecule has 0 radical (unpaired) electrons. The summed E-state index contributed by atoms with van der Waals surface area (Å²) in [5, 5.41) is 8.20. The van der Waals surface area contributed by atoms with E-state index in [1.54, 1.807) is 23.5 Å². The van der Waals surface area contributed by atoms with Crippen LogP contribution in [-0.2, 0) is 6.54 Å². The molecule has 6 heteroatoms. The topological polar surface area (TPSA) is 18.5 Å². The molecule has 2 heterocycles. The molecule has 116 valence electrons. The molecule has 1 aliphatic heterocycles. The van der Waals surface area contributed by atoms with Gasteiger partial charge in [0.15, 0.2) is 5.11 Å². The van der Waals surface area contributed by atoms with Gasteiger partial charge in [-0.1, -0.05) is 0 Å². The van der Waals surface area contributed by atoms with Crippen LogP contribution in [0.3, 0.4) is 0 Å². The van der Waals surface area contributed by atoms with Gasteiger partial charge in [0.1, 0.15) is 5.82 Å². The number of benzene rings is 1. The van der Waals surface area contributed by atoms with Crippen molar-refractivity contribution in [3.8, 4) is 0 Å². The summed E-state index contributed by atoms with van der Waals surface area (Å²) >= 11 is 7.19. The van der Waals surface area contributed by atoms with Crippen LogP contribution >= 0.6 is 23.6 Å². The van der Waals surface area contributed by atoms with E-state index in [0.29, 0.717) is 5.11 Å². The molecule has 3 nitrogen and oxygen atoms in total. The van der Waals surface area contributed by atoms with Gasteiger partial charge in [-0.05, 0) is 58.9 Å². The Labute approximate surface area is 139 Å². The van der Waals surface area contributed by atoms with Crippen LogP contribution in [0.4, 0.5) is 10.1 Å². The number of hydrogen-bond acceptors (Lipinski definition) is 3. The zero-order chi connectivity index (χ0) is 15.4. The third-order valence-corrected chi connectivity index (χ3v) is 4.83. The van der Waals surface area contributed by atoms with E-state index in [1.807, 2.05) is 0 Å². The van der Waals surface area contributed by atoms with E-state index in [2.05, 4.69) is 31.9 Å². The third kappa shape index (κ3) is 4.03. The number of hydrogen-bond donors (Lipinski definition) is 1. The fraction of sp³-hybridized carbons (Fsp3) is 0.312. The maximum atomic E-state index is 12.9. The molecule has 1 fully saturated rings. The van der Waals surface area contributed by atoms with Gasteiger partial charge < -0.3 is 10.2 Å². The van der Waals surface area contributed by atoms with Gasteiger partial charge in [0.05, 0.1) is 0 Å². The second-order valence-electron chi connectivity index (χ2n) is 5.33. The first-order valence-corrected chi connectivity index (χ1v) is 8.61. The van der Waals surface area contributed by atoms with Crippen molar-refractivity contribution in [2.24, 2.45) is 0 Å². The molecule has 1 saturated heterocycles. The lowest BCUT2D eigenvalue weighted by molar-refractivity contribution is 0.177. The van der Waals surface area contributed by atoms with Crippen LogP contribution in [-0.4, -0.2) is 41.1 Å². The van der Waals surface area contributed by atoms with Gasteiger partial charge in [0, 0.05) is 38.4 Å². The highest BCUT2D eigenvalue weighted by atomic mass is 32.1. The van der Waals surface area contributed by atoms with Crippen molar-refractivity contribution < 1.29 is 4.39 Å². The molecule has 1 aromatic carbocycles. The fourth-order valence-corrected chi connectivity index (χ4v) is 3.45. The van der Waals surface area contributed by atoms with Gasteiger partial charge in [-0.2, -0.15) is 11.3 Å². The molecule has 0 amide bonds. The first kappa shape index (κ1) is 15.4. The van der Waals surface area contributed by atoms with Crippen molar-refractivity contribution in [2.75, 3.05) is 31.5 Å². The van der Waals surface area contributed by atoms with Gasteiger partial charge >= 0.3 is 0 Å². The Morgan fingerprint density at radius 1 is 1.14 bits per heavy atom. The van der Waals surface area contributed by atoms with Gasteiger partial charge in [0.25, 0.3) is 0 Å². The van der Waals surface area contributed by atoms with Crippen LogP contribution in [0, 0.1) is 5.82 Å². The minimum absolute atomic E-state index is 0.237. The summed E-state index contributed by atoms with van der Waals surface area (Å²) < 4.78 is 12.9. The maximum absolute atomic E-state index is 12.9. The largest absolute Gasteiger partial charge is 0.346 e. The van der Waals surface area contributed by atoms with E-state index in [-0.39, 0.29) is 5.82 Å². The van der Waals surface area contributed by atoms with Crippen molar-refractivity contribution in [1.82, 2.24) is 9.80 Å². The molecule has 1 aromatic heterocycles. The molecule has 2 aromatic rings. The van der Waals surface area contributed by atoms with Crippen LogP contribution in [0.2, 0.25) is 0 Å². The lowest BCUT2D eigenvalue weighted by Gasteiger charge is -2.36. The summed E-state index contributed by atoms with van der Waals surface area (Å²) in [7, 11) is 0.